The van der Waals surface area contributed by atoms with Gasteiger partial charge >= 0.3 is 0 Å². The molecule has 27 nitrogen and oxygen atoms in total. The van der Waals surface area contributed by atoms with Crippen LogP contribution < -0.4 is 53.2 Å². The molecule has 2 spiro atoms. The van der Waals surface area contributed by atoms with Crippen molar-refractivity contribution in [2.75, 3.05) is 100 Å². The van der Waals surface area contributed by atoms with Crippen molar-refractivity contribution in [2.24, 2.45) is 22.7 Å². The second kappa shape index (κ2) is 46.2. The van der Waals surface area contributed by atoms with Gasteiger partial charge in [-0.05, 0) is 127 Å². The lowest BCUT2D eigenvalue weighted by Crippen LogP contribution is -2.61. The van der Waals surface area contributed by atoms with Crippen LogP contribution in [0.4, 0.5) is 0 Å². The van der Waals surface area contributed by atoms with Gasteiger partial charge in [0.2, 0.25) is 53.2 Å². The summed E-state index contributed by atoms with van der Waals surface area (Å²) in [4.78, 5) is 134. The number of nitrogens with one attached hydrogen (secondary N) is 10. The third-order valence-corrected chi connectivity index (χ3v) is 21.3. The summed E-state index contributed by atoms with van der Waals surface area (Å²) in [6.45, 7) is 47.7. The Morgan fingerprint density at radius 1 is 0.457 bits per heavy atom. The number of hydrogen-bond donors (Lipinski definition) is 10. The molecule has 8 unspecified atom stereocenters. The molecule has 604 valence electrons. The lowest BCUT2D eigenvalue weighted by molar-refractivity contribution is -0.138. The minimum atomic E-state index is -0.401. The van der Waals surface area contributed by atoms with E-state index in [-0.39, 0.29) is 58.6 Å². The second-order valence-electron chi connectivity index (χ2n) is 33.9. The molecule has 9 heterocycles. The van der Waals surface area contributed by atoms with Crippen LogP contribution in [0.3, 0.4) is 0 Å². The van der Waals surface area contributed by atoms with Crippen LogP contribution >= 0.6 is 0 Å². The van der Waals surface area contributed by atoms with Crippen molar-refractivity contribution in [2.45, 2.75) is 312 Å². The maximum absolute atomic E-state index is 11.6. The van der Waals surface area contributed by atoms with Crippen LogP contribution in [0.2, 0.25) is 0 Å². The maximum atomic E-state index is 11.6. The Balaban J connectivity index is 0.000000307. The zero-order valence-corrected chi connectivity index (χ0v) is 69.0. The van der Waals surface area contributed by atoms with Crippen LogP contribution in [0, 0.1) is 22.7 Å². The Bertz CT molecular complexity index is 2750. The van der Waals surface area contributed by atoms with E-state index >= 15 is 0 Å². The highest BCUT2D eigenvalue weighted by molar-refractivity contribution is 6.07. The fraction of sp³-hybridized carbons (Fsp3) is 0.859. The molecule has 0 aromatic rings. The first-order valence-corrected chi connectivity index (χ1v) is 39.7. The van der Waals surface area contributed by atoms with Gasteiger partial charge in [0.05, 0.1) is 10.8 Å². The van der Waals surface area contributed by atoms with Crippen molar-refractivity contribution in [3.8, 4) is 0 Å². The number of ketones is 2. The lowest BCUT2D eigenvalue weighted by atomic mass is 9.77. The highest BCUT2D eigenvalue weighted by Gasteiger charge is 2.55. The van der Waals surface area contributed by atoms with Gasteiger partial charge in [-0.25, -0.2) is 0 Å². The van der Waals surface area contributed by atoms with Crippen LogP contribution in [0.5, 0.6) is 0 Å². The van der Waals surface area contributed by atoms with Gasteiger partial charge in [-0.15, -0.1) is 0 Å². The molecular formula is C78H146N16O11. The number of rotatable bonds is 19. The van der Waals surface area contributed by atoms with Crippen molar-refractivity contribution < 1.29 is 52.7 Å². The summed E-state index contributed by atoms with van der Waals surface area (Å²) in [5, 5.41) is 29.9. The first-order valence-electron chi connectivity index (χ1n) is 39.7. The van der Waals surface area contributed by atoms with Gasteiger partial charge in [0, 0.05) is 228 Å². The zero-order chi connectivity index (χ0) is 79.2. The van der Waals surface area contributed by atoms with Crippen molar-refractivity contribution in [3.05, 3.63) is 0 Å². The second-order valence-corrected chi connectivity index (χ2v) is 33.9. The third-order valence-electron chi connectivity index (χ3n) is 21.3. The van der Waals surface area contributed by atoms with Gasteiger partial charge in [0.15, 0.2) is 0 Å². The Hall–Kier alpha value is -5.39. The number of imide groups is 2. The molecule has 0 bridgehead atoms. The average Bonchev–Trinajstić information content (AvgIpc) is 1.65. The molecule has 9 saturated heterocycles. The van der Waals surface area contributed by atoms with Crippen LogP contribution in [-0.4, -0.2) is 279 Å². The van der Waals surface area contributed by atoms with E-state index in [4.69, 9.17) is 0 Å². The summed E-state index contributed by atoms with van der Waals surface area (Å²) >= 11 is 0. The molecule has 2 aliphatic carbocycles. The third kappa shape index (κ3) is 34.8. The molecule has 11 rings (SSSR count). The standard InChI is InChI=1S/C10H16N2O2.C10H19NO.C9H14N2O2.C9H18N2O.C9H17NO.3C8H16N2O.C7H14N2O/c1-7(2)12-4-3-10(6-12)5-8(13)11-9(10)14;1-8(2)11(3)7-9-4-5-10(12)6-9;1-6(2)11-4-9(5-11)3-7(12)10-8(9)13;1-7(2)10-6-8-4-5-9(12)11(8)3;1-7(2)10-6-8-3-4-9(11)5-8;1-6(2)9-7-4-8(11)10(3)5-7;1-6(2)10(3)7-4-8(11)9-5-7;1-6(2)10-7-3-4-8(11)9-5-7;1-5(2)9-6-3-7(10)8-4-6/h7H,3-6H2,1-2H3,(H,11,13,14);8-9H,4-7H2,1-3H3;6H,3-5H2,1-2H3,(H,10,12,13);7-8,10H,4-6H2,1-3H3;7-8,10H,3-6H2,1-2H3;6-7,9H,4-5H2,1-3H3;6-7H,4-5H2,1-3H3,(H,9,11);6-7,10H,3-5H2,1-2H3,(H,9,11);5-6,9H,3-4H2,1-2H3,(H,8,10). The highest BCUT2D eigenvalue weighted by Crippen LogP contribution is 2.39. The van der Waals surface area contributed by atoms with Gasteiger partial charge in [0.1, 0.15) is 11.6 Å². The van der Waals surface area contributed by atoms with Crippen molar-refractivity contribution in [3.63, 3.8) is 0 Å². The molecule has 9 aliphatic heterocycles. The largest absolute Gasteiger partial charge is 0.355 e. The van der Waals surface area contributed by atoms with Gasteiger partial charge in [-0.3, -0.25) is 78.1 Å². The number of Topliss-reactive ketones (excluding diaryl/α,β-unsaturated/α-hetero) is 2. The minimum Gasteiger partial charge on any atom is -0.355 e. The van der Waals surface area contributed by atoms with Gasteiger partial charge < -0.3 is 57.2 Å². The number of piperidine rings is 1. The van der Waals surface area contributed by atoms with Crippen molar-refractivity contribution >= 4 is 64.7 Å². The fourth-order valence-corrected chi connectivity index (χ4v) is 14.3. The SMILES string of the molecule is CC(C)N(C)C1CNC(=O)C1.CC(C)N(C)CC1CCC(=O)C1.CC(C)N1CC2(CC(=O)NC2=O)C1.CC(C)N1CCC2(CC(=O)NC2=O)C1.CC(C)NC1CC(=O)N(C)C1.CC(C)NC1CCC(=O)NC1.CC(C)NC1CNC(=O)C1.CC(C)NCC1CCC(=O)C1.CC(C)NCC1CCC(=O)N1C. The number of likely N-dealkylation sites (tertiary alicyclic amines) is 4. The summed E-state index contributed by atoms with van der Waals surface area (Å²) in [6, 6.07) is 6.57. The van der Waals surface area contributed by atoms with E-state index in [1.54, 1.807) is 4.90 Å². The summed E-state index contributed by atoms with van der Waals surface area (Å²) in [6.07, 6.45) is 12.4. The Morgan fingerprint density at radius 3 is 1.33 bits per heavy atom. The number of likely N-dealkylation sites (N-methyl/N-ethyl adjacent to an activating group) is 3. The lowest BCUT2D eigenvalue weighted by Gasteiger charge is -2.47. The van der Waals surface area contributed by atoms with Crippen molar-refractivity contribution in [1.82, 2.24) is 82.6 Å². The predicted molar refractivity (Wildman–Crippen MR) is 416 cm³/mol. The van der Waals surface area contributed by atoms with E-state index in [1.807, 2.05) is 19.0 Å². The molecule has 11 aliphatic rings. The zero-order valence-electron chi connectivity index (χ0n) is 69.0. The molecule has 2 saturated carbocycles. The smallest absolute Gasteiger partial charge is 0.235 e. The minimum absolute atomic E-state index is 0.0642. The van der Waals surface area contributed by atoms with E-state index in [0.29, 0.717) is 147 Å². The summed E-state index contributed by atoms with van der Waals surface area (Å²) in [5.41, 5.74) is -0.775. The number of amides is 9. The molecule has 9 amide bonds. The highest BCUT2D eigenvalue weighted by atomic mass is 16.2. The normalized spacial score (nSPS) is 26.3. The fourth-order valence-electron chi connectivity index (χ4n) is 14.3. The van der Waals surface area contributed by atoms with Gasteiger partial charge in [-0.2, -0.15) is 0 Å². The first-order chi connectivity index (χ1) is 49.0. The number of nitrogens with zero attached hydrogens (tertiary/aromatic N) is 6. The summed E-state index contributed by atoms with van der Waals surface area (Å²) in [7, 11) is 7.94. The van der Waals surface area contributed by atoms with Crippen LogP contribution in [-0.2, 0) is 52.7 Å². The molecule has 10 N–H and O–H groups in total. The predicted octanol–water partition coefficient (Wildman–Crippen LogP) is 4.10. The molecule has 27 heteroatoms. The molecule has 105 heavy (non-hydrogen) atoms. The molecule has 0 aromatic heterocycles. The Labute approximate surface area is 632 Å². The van der Waals surface area contributed by atoms with Gasteiger partial charge in [0.25, 0.3) is 0 Å². The molecule has 11 fully saturated rings. The van der Waals surface area contributed by atoms with E-state index in [0.717, 1.165) is 136 Å². The van der Waals surface area contributed by atoms with E-state index in [2.05, 4.69) is 211 Å². The average molecular weight is 1480 g/mol. The number of hydrogen-bond acceptors (Lipinski definition) is 20. The van der Waals surface area contributed by atoms with Crippen LogP contribution in [0.25, 0.3) is 0 Å². The molecule has 8 atom stereocenters. The Morgan fingerprint density at radius 2 is 0.943 bits per heavy atom. The molecule has 0 radical (unpaired) electrons. The molecular weight excluding hydrogens is 1340 g/mol. The van der Waals surface area contributed by atoms with E-state index < -0.39 is 5.41 Å². The monoisotopic (exact) mass is 1480 g/mol. The Kier molecular flexibility index (Phi) is 41.3. The summed E-state index contributed by atoms with van der Waals surface area (Å²) in [5.74, 6) is 2.85. The van der Waals surface area contributed by atoms with Crippen LogP contribution in [0.1, 0.15) is 227 Å². The number of carbonyl (C=O) groups excluding carboxylic acids is 11. The maximum Gasteiger partial charge on any atom is 0.235 e. The van der Waals surface area contributed by atoms with Crippen LogP contribution in [0.15, 0.2) is 0 Å². The first kappa shape index (κ1) is 93.8. The number of carbonyl (C=O) groups is 11. The molecule has 0 aromatic carbocycles. The van der Waals surface area contributed by atoms with Crippen molar-refractivity contribution in [1.29, 1.82) is 0 Å². The van der Waals surface area contributed by atoms with Gasteiger partial charge in [-0.1, -0.05) is 69.2 Å². The summed E-state index contributed by atoms with van der Waals surface area (Å²) < 4.78 is 0. The topological polar surface area (TPSA) is 328 Å². The van der Waals surface area contributed by atoms with E-state index in [1.165, 1.54) is 0 Å². The quantitative estimate of drug-likeness (QED) is 0.0814. The van der Waals surface area contributed by atoms with E-state index in [9.17, 15) is 52.7 Å².